The molecule has 0 aliphatic carbocycles. The average Bonchev–Trinajstić information content (AvgIpc) is 1.65. The van der Waals surface area contributed by atoms with Crippen molar-refractivity contribution in [3.8, 4) is 0 Å². The molecule has 3 N–H and O–H groups in total. The van der Waals surface area contributed by atoms with Gasteiger partial charge in [0.1, 0.15) is 5.84 Å². The predicted octanol–water partition coefficient (Wildman–Crippen LogP) is 0.435. The van der Waals surface area contributed by atoms with Crippen LogP contribution in [0, 0.1) is 0 Å². The first-order valence-corrected chi connectivity index (χ1v) is 2.26. The highest BCUT2D eigenvalue weighted by molar-refractivity contribution is 5.91. The fourth-order valence-electron chi connectivity index (χ4n) is 0.279. The fourth-order valence-corrected chi connectivity index (χ4v) is 0.279. The minimum atomic E-state index is 0.174. The minimum absolute atomic E-state index is 0.174. The maximum atomic E-state index is 8.55. The Bertz CT molecular complexity index is 122. The Morgan fingerprint density at radius 2 is 2.25 bits per heavy atom. The number of aliphatic hydroxyl groups excluding tert-OH is 1. The Balaban J connectivity index is 3.89. The highest BCUT2D eigenvalue weighted by Crippen LogP contribution is 1.81. The van der Waals surface area contributed by atoms with Gasteiger partial charge >= 0.3 is 0 Å². The standard InChI is InChI=1S/C5H10N2O/c1-4(8)3-5(6)7-2/h3,8H,1-2H3,(H2,6,7)/b4-3-. The molecule has 0 aromatic heterocycles. The molecular formula is C5H10N2O. The molecule has 0 fully saturated rings. The van der Waals surface area contributed by atoms with Crippen LogP contribution in [0.4, 0.5) is 0 Å². The average molecular weight is 114 g/mol. The summed E-state index contributed by atoms with van der Waals surface area (Å²) < 4.78 is 0. The van der Waals surface area contributed by atoms with Gasteiger partial charge in [0, 0.05) is 13.1 Å². The quantitative estimate of drug-likeness (QED) is 0.295. The normalized spacial score (nSPS) is 14.2. The van der Waals surface area contributed by atoms with Crippen molar-refractivity contribution in [3.63, 3.8) is 0 Å². The molecule has 0 bridgehead atoms. The highest BCUT2D eigenvalue weighted by Gasteiger charge is 1.81. The molecule has 0 atom stereocenters. The van der Waals surface area contributed by atoms with Gasteiger partial charge in [-0.1, -0.05) is 0 Å². The molecule has 0 aliphatic heterocycles. The van der Waals surface area contributed by atoms with E-state index in [-0.39, 0.29) is 5.76 Å². The van der Waals surface area contributed by atoms with Crippen LogP contribution < -0.4 is 5.73 Å². The lowest BCUT2D eigenvalue weighted by atomic mass is 10.4. The lowest BCUT2D eigenvalue weighted by Gasteiger charge is -1.87. The molecule has 0 aromatic carbocycles. The predicted molar refractivity (Wildman–Crippen MR) is 33.9 cm³/mol. The summed E-state index contributed by atoms with van der Waals surface area (Å²) >= 11 is 0. The van der Waals surface area contributed by atoms with E-state index in [4.69, 9.17) is 10.8 Å². The van der Waals surface area contributed by atoms with Crippen LogP contribution in [0.25, 0.3) is 0 Å². The summed E-state index contributed by atoms with van der Waals surface area (Å²) in [6.07, 6.45) is 1.39. The van der Waals surface area contributed by atoms with Gasteiger partial charge < -0.3 is 10.8 Å². The molecular weight excluding hydrogens is 104 g/mol. The zero-order valence-corrected chi connectivity index (χ0v) is 5.05. The monoisotopic (exact) mass is 114 g/mol. The third-order valence-corrected chi connectivity index (χ3v) is 0.615. The first-order valence-electron chi connectivity index (χ1n) is 2.26. The largest absolute Gasteiger partial charge is 0.512 e. The number of hydrogen-bond acceptors (Lipinski definition) is 2. The van der Waals surface area contributed by atoms with Crippen LogP contribution in [0.5, 0.6) is 0 Å². The molecule has 0 amide bonds. The van der Waals surface area contributed by atoms with Crippen LogP contribution >= 0.6 is 0 Å². The van der Waals surface area contributed by atoms with E-state index >= 15 is 0 Å². The number of aliphatic imine (C=N–C) groups is 1. The first kappa shape index (κ1) is 7.01. The van der Waals surface area contributed by atoms with Gasteiger partial charge in [-0.25, -0.2) is 0 Å². The zero-order valence-electron chi connectivity index (χ0n) is 5.05. The smallest absolute Gasteiger partial charge is 0.121 e. The molecule has 0 heterocycles. The van der Waals surface area contributed by atoms with Crippen molar-refractivity contribution >= 4 is 5.84 Å². The molecule has 3 heteroatoms. The molecule has 0 saturated carbocycles. The summed E-state index contributed by atoms with van der Waals surface area (Å²) in [5.41, 5.74) is 5.19. The Hall–Kier alpha value is -0.990. The number of rotatable bonds is 1. The van der Waals surface area contributed by atoms with Gasteiger partial charge in [-0.05, 0) is 6.92 Å². The summed E-state index contributed by atoms with van der Waals surface area (Å²) in [5.74, 6) is 0.512. The number of nitrogens with zero attached hydrogens (tertiary/aromatic N) is 1. The summed E-state index contributed by atoms with van der Waals surface area (Å²) in [7, 11) is 1.56. The SMILES string of the molecule is CN=C(N)/C=C(/C)O. The van der Waals surface area contributed by atoms with Crippen molar-refractivity contribution < 1.29 is 5.11 Å². The molecule has 0 spiro atoms. The Labute approximate surface area is 48.5 Å². The summed E-state index contributed by atoms with van der Waals surface area (Å²) in [6.45, 7) is 1.54. The molecule has 0 radical (unpaired) electrons. The molecule has 0 rings (SSSR count). The van der Waals surface area contributed by atoms with E-state index in [0.29, 0.717) is 5.84 Å². The van der Waals surface area contributed by atoms with Gasteiger partial charge in [-0.2, -0.15) is 0 Å². The highest BCUT2D eigenvalue weighted by atomic mass is 16.3. The maximum absolute atomic E-state index is 8.55. The van der Waals surface area contributed by atoms with E-state index in [2.05, 4.69) is 4.99 Å². The van der Waals surface area contributed by atoms with E-state index in [1.54, 1.807) is 7.05 Å². The van der Waals surface area contributed by atoms with Gasteiger partial charge in [0.05, 0.1) is 5.76 Å². The van der Waals surface area contributed by atoms with Crippen LogP contribution in [0.2, 0.25) is 0 Å². The van der Waals surface area contributed by atoms with Crippen molar-refractivity contribution in [2.24, 2.45) is 10.7 Å². The number of allylic oxidation sites excluding steroid dienone is 1. The van der Waals surface area contributed by atoms with E-state index in [9.17, 15) is 0 Å². The second kappa shape index (κ2) is 3.07. The molecule has 46 valence electrons. The van der Waals surface area contributed by atoms with E-state index in [0.717, 1.165) is 0 Å². The number of aliphatic hydroxyl groups is 1. The van der Waals surface area contributed by atoms with E-state index < -0.39 is 0 Å². The summed E-state index contributed by atoms with van der Waals surface area (Å²) in [6, 6.07) is 0. The third kappa shape index (κ3) is 3.21. The van der Waals surface area contributed by atoms with E-state index in [1.807, 2.05) is 0 Å². The maximum Gasteiger partial charge on any atom is 0.121 e. The Kier molecular flexibility index (Phi) is 2.69. The fraction of sp³-hybridized carbons (Fsp3) is 0.400. The lowest BCUT2D eigenvalue weighted by Crippen LogP contribution is -2.07. The topological polar surface area (TPSA) is 58.6 Å². The van der Waals surface area contributed by atoms with Gasteiger partial charge in [0.25, 0.3) is 0 Å². The Morgan fingerprint density at radius 3 is 2.38 bits per heavy atom. The number of nitrogens with two attached hydrogens (primary N) is 1. The molecule has 0 saturated heterocycles. The lowest BCUT2D eigenvalue weighted by molar-refractivity contribution is 0.415. The molecule has 0 unspecified atom stereocenters. The summed E-state index contributed by atoms with van der Waals surface area (Å²) in [5, 5.41) is 8.55. The molecule has 0 aliphatic rings. The number of amidine groups is 1. The van der Waals surface area contributed by atoms with Crippen molar-refractivity contribution in [2.75, 3.05) is 7.05 Å². The minimum Gasteiger partial charge on any atom is -0.512 e. The van der Waals surface area contributed by atoms with Gasteiger partial charge in [-0.3, -0.25) is 4.99 Å². The van der Waals surface area contributed by atoms with Gasteiger partial charge in [-0.15, -0.1) is 0 Å². The second-order valence-electron chi connectivity index (χ2n) is 1.43. The van der Waals surface area contributed by atoms with Crippen LogP contribution in [0.15, 0.2) is 16.8 Å². The van der Waals surface area contributed by atoms with Gasteiger partial charge in [0.15, 0.2) is 0 Å². The van der Waals surface area contributed by atoms with Crippen molar-refractivity contribution in [1.82, 2.24) is 0 Å². The second-order valence-corrected chi connectivity index (χ2v) is 1.43. The number of hydrogen-bond donors (Lipinski definition) is 2. The third-order valence-electron chi connectivity index (χ3n) is 0.615. The van der Waals surface area contributed by atoms with E-state index in [1.165, 1.54) is 13.0 Å². The van der Waals surface area contributed by atoms with Crippen molar-refractivity contribution in [2.45, 2.75) is 6.92 Å². The zero-order chi connectivity index (χ0) is 6.57. The van der Waals surface area contributed by atoms with Crippen LogP contribution in [0.3, 0.4) is 0 Å². The van der Waals surface area contributed by atoms with Crippen LogP contribution in [-0.4, -0.2) is 18.0 Å². The Morgan fingerprint density at radius 1 is 1.75 bits per heavy atom. The van der Waals surface area contributed by atoms with Crippen molar-refractivity contribution in [1.29, 1.82) is 0 Å². The van der Waals surface area contributed by atoms with Gasteiger partial charge in [0.2, 0.25) is 0 Å². The molecule has 3 nitrogen and oxygen atoms in total. The van der Waals surface area contributed by atoms with Crippen LogP contribution in [-0.2, 0) is 0 Å². The van der Waals surface area contributed by atoms with Crippen LogP contribution in [0.1, 0.15) is 6.92 Å². The molecule has 8 heavy (non-hydrogen) atoms. The van der Waals surface area contributed by atoms with Crippen molar-refractivity contribution in [3.05, 3.63) is 11.8 Å². The molecule has 0 aromatic rings. The first-order chi connectivity index (χ1) is 3.66. The summed E-state index contributed by atoms with van der Waals surface area (Å²) in [4.78, 5) is 3.59.